The molecule has 0 radical (unpaired) electrons. The van der Waals surface area contributed by atoms with Gasteiger partial charge in [0.15, 0.2) is 0 Å². The summed E-state index contributed by atoms with van der Waals surface area (Å²) >= 11 is 0. The van der Waals surface area contributed by atoms with Crippen molar-refractivity contribution in [1.82, 2.24) is 15.5 Å². The highest BCUT2D eigenvalue weighted by atomic mass is 16.5. The van der Waals surface area contributed by atoms with Crippen LogP contribution in [0.1, 0.15) is 23.6 Å². The van der Waals surface area contributed by atoms with E-state index in [1.807, 2.05) is 0 Å². The van der Waals surface area contributed by atoms with E-state index in [2.05, 4.69) is 45.7 Å². The Bertz CT molecular complexity index is 706. The van der Waals surface area contributed by atoms with Crippen LogP contribution in [0, 0.1) is 0 Å². The van der Waals surface area contributed by atoms with Gasteiger partial charge in [-0.2, -0.15) is 0 Å². The average Bonchev–Trinajstić information content (AvgIpc) is 2.74. The lowest BCUT2D eigenvalue weighted by molar-refractivity contribution is -0.139. The fraction of sp³-hybridized carbons (Fsp3) is 0.619. The molecule has 0 spiro atoms. The molecule has 2 amide bonds. The molecule has 160 valence electrons. The topological polar surface area (TPSA) is 83.1 Å². The molecule has 0 aromatic heterocycles. The molecule has 8 nitrogen and oxygen atoms in total. The third kappa shape index (κ3) is 5.68. The molecule has 1 aromatic carbocycles. The Kier molecular flexibility index (Phi) is 7.85. The van der Waals surface area contributed by atoms with Crippen LogP contribution in [-0.2, 0) is 25.5 Å². The van der Waals surface area contributed by atoms with Crippen molar-refractivity contribution in [2.45, 2.75) is 18.9 Å². The number of morpholine rings is 1. The minimum atomic E-state index is -0.630. The number of fused-ring (bicyclic) bond motifs is 1. The zero-order chi connectivity index (χ0) is 20.6. The number of nitrogens with zero attached hydrogens (tertiary/aromatic N) is 2. The van der Waals surface area contributed by atoms with Crippen LogP contribution >= 0.6 is 0 Å². The second-order valence-corrected chi connectivity index (χ2v) is 7.54. The molecule has 2 N–H and O–H groups in total. The Balaban J connectivity index is 1.70. The quantitative estimate of drug-likeness (QED) is 0.503. The SMILES string of the molecule is COCCNC(=O)C(=O)NC[C@@H](c1ccc2c(c1)CCCN2C)N1CCOCC1. The average molecular weight is 405 g/mol. The standard InChI is InChI=1S/C21H32N4O4/c1-24-8-3-4-16-14-17(5-6-18(16)24)19(25-9-12-29-13-10-25)15-23-21(27)20(26)22-7-11-28-2/h5-6,14,19H,3-4,7-13,15H2,1-2H3,(H,22,26)(H,23,27)/t19-/m0/s1. The van der Waals surface area contributed by atoms with Crippen molar-refractivity contribution in [3.63, 3.8) is 0 Å². The molecule has 2 aliphatic rings. The van der Waals surface area contributed by atoms with Gasteiger partial charge in [-0.1, -0.05) is 12.1 Å². The summed E-state index contributed by atoms with van der Waals surface area (Å²) in [4.78, 5) is 28.8. The second-order valence-electron chi connectivity index (χ2n) is 7.54. The lowest BCUT2D eigenvalue weighted by Gasteiger charge is -2.36. The van der Waals surface area contributed by atoms with Gasteiger partial charge in [-0.05, 0) is 30.0 Å². The van der Waals surface area contributed by atoms with Crippen LogP contribution in [0.2, 0.25) is 0 Å². The molecule has 2 heterocycles. The lowest BCUT2D eigenvalue weighted by atomic mass is 9.95. The van der Waals surface area contributed by atoms with Crippen LogP contribution < -0.4 is 15.5 Å². The molecular weight excluding hydrogens is 372 g/mol. The summed E-state index contributed by atoms with van der Waals surface area (Å²) < 4.78 is 10.4. The number of carbonyl (C=O) groups is 2. The van der Waals surface area contributed by atoms with E-state index in [0.717, 1.165) is 32.5 Å². The molecule has 1 atom stereocenters. The number of rotatable bonds is 7. The molecule has 0 aliphatic carbocycles. The maximum absolute atomic E-state index is 12.2. The van der Waals surface area contributed by atoms with Gasteiger partial charge in [-0.3, -0.25) is 14.5 Å². The highest BCUT2D eigenvalue weighted by molar-refractivity contribution is 6.35. The first kappa shape index (κ1) is 21.5. The highest BCUT2D eigenvalue weighted by Gasteiger charge is 2.26. The maximum Gasteiger partial charge on any atom is 0.309 e. The number of benzene rings is 1. The van der Waals surface area contributed by atoms with E-state index < -0.39 is 11.8 Å². The molecule has 0 bridgehead atoms. The Morgan fingerprint density at radius 1 is 1.17 bits per heavy atom. The Morgan fingerprint density at radius 3 is 2.69 bits per heavy atom. The predicted octanol–water partition coefficient (Wildman–Crippen LogP) is 0.321. The number of hydrogen-bond donors (Lipinski definition) is 2. The normalized spacial score (nSPS) is 18.1. The van der Waals surface area contributed by atoms with E-state index in [1.165, 1.54) is 16.8 Å². The van der Waals surface area contributed by atoms with Gasteiger partial charge >= 0.3 is 11.8 Å². The summed E-state index contributed by atoms with van der Waals surface area (Å²) in [5.74, 6) is -1.24. The fourth-order valence-electron chi connectivity index (χ4n) is 3.98. The minimum absolute atomic E-state index is 0.00663. The van der Waals surface area contributed by atoms with E-state index in [1.54, 1.807) is 7.11 Å². The van der Waals surface area contributed by atoms with Gasteiger partial charge in [0.1, 0.15) is 0 Å². The summed E-state index contributed by atoms with van der Waals surface area (Å²) in [5.41, 5.74) is 3.79. The Hall–Kier alpha value is -2.16. The second kappa shape index (κ2) is 10.6. The Morgan fingerprint density at radius 2 is 1.93 bits per heavy atom. The van der Waals surface area contributed by atoms with Crippen molar-refractivity contribution in [3.05, 3.63) is 29.3 Å². The van der Waals surface area contributed by atoms with Gasteiger partial charge in [0.05, 0.1) is 25.9 Å². The molecule has 8 heteroatoms. The summed E-state index contributed by atoms with van der Waals surface area (Å²) in [6.45, 7) is 5.10. The summed E-state index contributed by atoms with van der Waals surface area (Å²) in [6, 6.07) is 6.59. The van der Waals surface area contributed by atoms with Crippen LogP contribution in [0.25, 0.3) is 0 Å². The van der Waals surface area contributed by atoms with E-state index in [0.29, 0.717) is 32.9 Å². The molecule has 2 aliphatic heterocycles. The third-order valence-electron chi connectivity index (χ3n) is 5.58. The van der Waals surface area contributed by atoms with Crippen molar-refractivity contribution in [2.75, 3.05) is 71.6 Å². The number of ether oxygens (including phenoxy) is 2. The van der Waals surface area contributed by atoms with E-state index in [9.17, 15) is 9.59 Å². The largest absolute Gasteiger partial charge is 0.383 e. The zero-order valence-corrected chi connectivity index (χ0v) is 17.4. The number of aryl methyl sites for hydroxylation is 1. The van der Waals surface area contributed by atoms with Crippen molar-refractivity contribution < 1.29 is 19.1 Å². The summed E-state index contributed by atoms with van der Waals surface area (Å²) in [5, 5.41) is 5.37. The number of anilines is 1. The first-order valence-corrected chi connectivity index (χ1v) is 10.3. The lowest BCUT2D eigenvalue weighted by Crippen LogP contribution is -2.47. The van der Waals surface area contributed by atoms with Gasteiger partial charge in [0, 0.05) is 52.6 Å². The molecule has 1 fully saturated rings. The first-order valence-electron chi connectivity index (χ1n) is 10.3. The van der Waals surface area contributed by atoms with Crippen LogP contribution in [-0.4, -0.2) is 83.4 Å². The van der Waals surface area contributed by atoms with Crippen LogP contribution in [0.15, 0.2) is 18.2 Å². The first-order chi connectivity index (χ1) is 14.1. The van der Waals surface area contributed by atoms with Crippen LogP contribution in [0.5, 0.6) is 0 Å². The molecular formula is C21H32N4O4. The number of hydrogen-bond acceptors (Lipinski definition) is 6. The number of amides is 2. The van der Waals surface area contributed by atoms with E-state index in [4.69, 9.17) is 9.47 Å². The van der Waals surface area contributed by atoms with Crippen LogP contribution in [0.3, 0.4) is 0 Å². The maximum atomic E-state index is 12.2. The van der Waals surface area contributed by atoms with Crippen molar-refractivity contribution in [1.29, 1.82) is 0 Å². The number of methoxy groups -OCH3 is 1. The highest BCUT2D eigenvalue weighted by Crippen LogP contribution is 2.30. The zero-order valence-electron chi connectivity index (χ0n) is 17.4. The number of carbonyl (C=O) groups excluding carboxylic acids is 2. The third-order valence-corrected chi connectivity index (χ3v) is 5.58. The fourth-order valence-corrected chi connectivity index (χ4v) is 3.98. The molecule has 3 rings (SSSR count). The van der Waals surface area contributed by atoms with Crippen LogP contribution in [0.4, 0.5) is 5.69 Å². The van der Waals surface area contributed by atoms with Gasteiger partial charge in [0.25, 0.3) is 0 Å². The van der Waals surface area contributed by atoms with Crippen molar-refractivity contribution >= 4 is 17.5 Å². The molecule has 1 saturated heterocycles. The molecule has 0 unspecified atom stereocenters. The monoisotopic (exact) mass is 404 g/mol. The van der Waals surface area contributed by atoms with Crippen molar-refractivity contribution in [2.24, 2.45) is 0 Å². The van der Waals surface area contributed by atoms with Gasteiger partial charge in [-0.25, -0.2) is 0 Å². The Labute approximate surface area is 172 Å². The predicted molar refractivity (Wildman–Crippen MR) is 111 cm³/mol. The smallest absolute Gasteiger partial charge is 0.309 e. The van der Waals surface area contributed by atoms with Gasteiger partial charge in [-0.15, -0.1) is 0 Å². The van der Waals surface area contributed by atoms with Crippen molar-refractivity contribution in [3.8, 4) is 0 Å². The summed E-state index contributed by atoms with van der Waals surface area (Å²) in [6.07, 6.45) is 2.21. The van der Waals surface area contributed by atoms with Gasteiger partial charge in [0.2, 0.25) is 0 Å². The minimum Gasteiger partial charge on any atom is -0.383 e. The van der Waals surface area contributed by atoms with E-state index in [-0.39, 0.29) is 6.04 Å². The van der Waals surface area contributed by atoms with Gasteiger partial charge < -0.3 is 25.0 Å². The molecule has 1 aromatic rings. The molecule has 29 heavy (non-hydrogen) atoms. The summed E-state index contributed by atoms with van der Waals surface area (Å²) in [7, 11) is 3.68. The molecule has 0 saturated carbocycles. The van der Waals surface area contributed by atoms with E-state index >= 15 is 0 Å². The number of nitrogens with one attached hydrogen (secondary N) is 2.